The minimum absolute atomic E-state index is 0.0171. The monoisotopic (exact) mass is 390 g/mol. The Morgan fingerprint density at radius 2 is 1.67 bits per heavy atom. The second kappa shape index (κ2) is 6.04. The van der Waals surface area contributed by atoms with E-state index in [1.54, 1.807) is 24.3 Å². The third-order valence-corrected chi connectivity index (χ3v) is 3.92. The Balaban J connectivity index is 2.27. The summed E-state index contributed by atoms with van der Waals surface area (Å²) >= 11 is 14.3. The first kappa shape index (κ1) is 13.8. The summed E-state index contributed by atoms with van der Waals surface area (Å²) in [5.74, 6) is 0.0171. The minimum atomic E-state index is 0.0171. The minimum Gasteiger partial charge on any atom is -0.294 e. The average Bonchev–Trinajstić information content (AvgIpc) is 2.34. The molecule has 92 valence electrons. The van der Waals surface area contributed by atoms with E-state index in [9.17, 15) is 4.79 Å². The summed E-state index contributed by atoms with van der Waals surface area (Å²) in [6, 6.07) is 12.7. The van der Waals surface area contributed by atoms with Crippen LogP contribution >= 0.6 is 45.8 Å². The molecule has 0 aliphatic carbocycles. The van der Waals surface area contributed by atoms with Crippen molar-refractivity contribution in [3.8, 4) is 0 Å². The van der Waals surface area contributed by atoms with Gasteiger partial charge in [0.15, 0.2) is 5.78 Å². The Kier molecular flexibility index (Phi) is 4.65. The Morgan fingerprint density at radius 3 is 2.28 bits per heavy atom. The van der Waals surface area contributed by atoms with Crippen molar-refractivity contribution >= 4 is 51.6 Å². The average molecular weight is 391 g/mol. The molecule has 18 heavy (non-hydrogen) atoms. The number of hydrogen-bond acceptors (Lipinski definition) is 1. The van der Waals surface area contributed by atoms with Crippen LogP contribution in [0.4, 0.5) is 0 Å². The van der Waals surface area contributed by atoms with Crippen molar-refractivity contribution < 1.29 is 4.79 Å². The van der Waals surface area contributed by atoms with Gasteiger partial charge >= 0.3 is 0 Å². The van der Waals surface area contributed by atoms with E-state index in [4.69, 9.17) is 23.2 Å². The standard InChI is InChI=1S/C14H9Cl2IO/c15-12-5-2-6-13(16)11(12)8-14(18)9-3-1-4-10(17)7-9/h1-7H,8H2. The molecular formula is C14H9Cl2IO. The quantitative estimate of drug-likeness (QED) is 0.531. The maximum atomic E-state index is 12.2. The van der Waals surface area contributed by atoms with Crippen LogP contribution in [-0.4, -0.2) is 5.78 Å². The van der Waals surface area contributed by atoms with E-state index in [2.05, 4.69) is 22.6 Å². The number of Topliss-reactive ketones (excluding diaryl/α,β-unsaturated/α-hetero) is 1. The van der Waals surface area contributed by atoms with Crippen molar-refractivity contribution in [2.75, 3.05) is 0 Å². The van der Waals surface area contributed by atoms with Gasteiger partial charge in [0.25, 0.3) is 0 Å². The van der Waals surface area contributed by atoms with Crippen LogP contribution in [0.15, 0.2) is 42.5 Å². The van der Waals surface area contributed by atoms with Gasteiger partial charge in [0.1, 0.15) is 0 Å². The zero-order chi connectivity index (χ0) is 13.1. The Labute approximate surface area is 129 Å². The molecule has 0 heterocycles. The highest BCUT2D eigenvalue weighted by atomic mass is 127. The molecule has 4 heteroatoms. The molecule has 0 aliphatic rings. The third kappa shape index (κ3) is 3.25. The number of benzene rings is 2. The largest absolute Gasteiger partial charge is 0.294 e. The van der Waals surface area contributed by atoms with Gasteiger partial charge in [-0.3, -0.25) is 4.79 Å². The maximum Gasteiger partial charge on any atom is 0.167 e. The lowest BCUT2D eigenvalue weighted by molar-refractivity contribution is 0.0993. The normalized spacial score (nSPS) is 10.4. The predicted molar refractivity (Wildman–Crippen MR) is 83.7 cm³/mol. The summed E-state index contributed by atoms with van der Waals surface area (Å²) in [5, 5.41) is 1.06. The van der Waals surface area contributed by atoms with Gasteiger partial charge in [-0.1, -0.05) is 41.4 Å². The lowest BCUT2D eigenvalue weighted by atomic mass is 10.0. The van der Waals surface area contributed by atoms with Crippen LogP contribution in [0.3, 0.4) is 0 Å². The topological polar surface area (TPSA) is 17.1 Å². The first-order chi connectivity index (χ1) is 8.58. The molecule has 0 aromatic heterocycles. The van der Waals surface area contributed by atoms with Gasteiger partial charge < -0.3 is 0 Å². The smallest absolute Gasteiger partial charge is 0.167 e. The highest BCUT2D eigenvalue weighted by Crippen LogP contribution is 2.25. The van der Waals surface area contributed by atoms with Crippen LogP contribution < -0.4 is 0 Å². The number of halogens is 3. The van der Waals surface area contributed by atoms with Crippen LogP contribution in [0.5, 0.6) is 0 Å². The van der Waals surface area contributed by atoms with Crippen molar-refractivity contribution in [3.63, 3.8) is 0 Å². The SMILES string of the molecule is O=C(Cc1c(Cl)cccc1Cl)c1cccc(I)c1. The van der Waals surface area contributed by atoms with E-state index in [1.165, 1.54) is 0 Å². The van der Waals surface area contributed by atoms with E-state index in [-0.39, 0.29) is 12.2 Å². The van der Waals surface area contributed by atoms with Gasteiger partial charge in [-0.15, -0.1) is 0 Å². The molecule has 0 amide bonds. The Hall–Kier alpha value is -0.580. The summed E-state index contributed by atoms with van der Waals surface area (Å²) in [6.07, 6.45) is 0.221. The van der Waals surface area contributed by atoms with E-state index < -0.39 is 0 Å². The molecule has 1 nitrogen and oxygen atoms in total. The van der Waals surface area contributed by atoms with Crippen molar-refractivity contribution in [2.24, 2.45) is 0 Å². The van der Waals surface area contributed by atoms with Crippen LogP contribution in [0.2, 0.25) is 10.0 Å². The molecule has 2 aromatic rings. The highest BCUT2D eigenvalue weighted by Gasteiger charge is 2.12. The molecule has 2 rings (SSSR count). The number of carbonyl (C=O) groups is 1. The number of rotatable bonds is 3. The van der Waals surface area contributed by atoms with Crippen LogP contribution in [0.25, 0.3) is 0 Å². The number of ketones is 1. The molecule has 0 aliphatic heterocycles. The number of hydrogen-bond donors (Lipinski definition) is 0. The lowest BCUT2D eigenvalue weighted by Crippen LogP contribution is -2.04. The van der Waals surface area contributed by atoms with Crippen molar-refractivity contribution in [1.29, 1.82) is 0 Å². The van der Waals surface area contributed by atoms with Gasteiger partial charge in [-0.2, -0.15) is 0 Å². The molecule has 0 saturated heterocycles. The highest BCUT2D eigenvalue weighted by molar-refractivity contribution is 14.1. The molecule has 0 fully saturated rings. The van der Waals surface area contributed by atoms with Gasteiger partial charge in [0.05, 0.1) is 0 Å². The zero-order valence-corrected chi connectivity index (χ0v) is 13.0. The van der Waals surface area contributed by atoms with E-state index in [0.717, 1.165) is 3.57 Å². The fourth-order valence-corrected chi connectivity index (χ4v) is 2.70. The van der Waals surface area contributed by atoms with Gasteiger partial charge in [-0.25, -0.2) is 0 Å². The summed E-state index contributed by atoms with van der Waals surface area (Å²) in [7, 11) is 0. The molecule has 0 bridgehead atoms. The molecule has 0 N–H and O–H groups in total. The summed E-state index contributed by atoms with van der Waals surface area (Å²) < 4.78 is 1.03. The lowest BCUT2D eigenvalue weighted by Gasteiger charge is -2.06. The maximum absolute atomic E-state index is 12.2. The van der Waals surface area contributed by atoms with Crippen molar-refractivity contribution in [1.82, 2.24) is 0 Å². The van der Waals surface area contributed by atoms with Crippen LogP contribution in [-0.2, 0) is 6.42 Å². The van der Waals surface area contributed by atoms with Gasteiger partial charge in [0, 0.05) is 25.6 Å². The van der Waals surface area contributed by atoms with E-state index in [1.807, 2.05) is 18.2 Å². The Morgan fingerprint density at radius 1 is 1.06 bits per heavy atom. The molecule has 0 atom stereocenters. The Bertz CT molecular complexity index is 576. The van der Waals surface area contributed by atoms with Crippen molar-refractivity contribution in [2.45, 2.75) is 6.42 Å². The second-order valence-electron chi connectivity index (χ2n) is 3.81. The fraction of sp³-hybridized carbons (Fsp3) is 0.0714. The van der Waals surface area contributed by atoms with Crippen LogP contribution in [0, 0.1) is 3.57 Å². The zero-order valence-electron chi connectivity index (χ0n) is 9.29. The van der Waals surface area contributed by atoms with E-state index in [0.29, 0.717) is 21.2 Å². The molecule has 0 radical (unpaired) electrons. The third-order valence-electron chi connectivity index (χ3n) is 2.55. The molecule has 0 spiro atoms. The summed E-state index contributed by atoms with van der Waals surface area (Å²) in [4.78, 5) is 12.2. The van der Waals surface area contributed by atoms with E-state index >= 15 is 0 Å². The summed E-state index contributed by atoms with van der Waals surface area (Å²) in [5.41, 5.74) is 1.36. The predicted octanol–water partition coefficient (Wildman–Crippen LogP) is 5.02. The second-order valence-corrected chi connectivity index (χ2v) is 5.87. The molecule has 0 unspecified atom stereocenters. The summed E-state index contributed by atoms with van der Waals surface area (Å²) in [6.45, 7) is 0. The first-order valence-corrected chi connectivity index (χ1v) is 7.13. The molecular weight excluding hydrogens is 382 g/mol. The number of carbonyl (C=O) groups excluding carboxylic acids is 1. The van der Waals surface area contributed by atoms with Crippen LogP contribution in [0.1, 0.15) is 15.9 Å². The fourth-order valence-electron chi connectivity index (χ4n) is 1.63. The molecule has 0 saturated carbocycles. The van der Waals surface area contributed by atoms with Gasteiger partial charge in [-0.05, 0) is 52.4 Å². The molecule has 2 aromatic carbocycles. The van der Waals surface area contributed by atoms with Gasteiger partial charge in [0.2, 0.25) is 0 Å². The first-order valence-electron chi connectivity index (χ1n) is 5.29. The van der Waals surface area contributed by atoms with Crippen molar-refractivity contribution in [3.05, 3.63) is 67.2 Å².